The predicted molar refractivity (Wildman–Crippen MR) is 79.4 cm³/mol. The van der Waals surface area contributed by atoms with Crippen LogP contribution in [0.5, 0.6) is 0 Å². The van der Waals surface area contributed by atoms with E-state index in [-0.39, 0.29) is 22.2 Å². The van der Waals surface area contributed by atoms with Crippen LogP contribution in [0.4, 0.5) is 15.8 Å². The first-order valence-corrected chi connectivity index (χ1v) is 7.36. The van der Waals surface area contributed by atoms with Gasteiger partial charge in [-0.05, 0) is 48.2 Å². The number of hydrogen-bond donors (Lipinski definition) is 1. The van der Waals surface area contributed by atoms with Crippen LogP contribution in [0, 0.1) is 15.9 Å². The van der Waals surface area contributed by atoms with E-state index >= 15 is 0 Å². The van der Waals surface area contributed by atoms with Crippen molar-refractivity contribution in [2.45, 2.75) is 38.3 Å². The zero-order valence-electron chi connectivity index (χ0n) is 11.2. The number of nitrogens with two attached hydrogens (primary N) is 1. The van der Waals surface area contributed by atoms with E-state index in [0.29, 0.717) is 12.2 Å². The van der Waals surface area contributed by atoms with E-state index in [4.69, 9.17) is 5.73 Å². The van der Waals surface area contributed by atoms with Crippen molar-refractivity contribution in [3.05, 3.63) is 32.5 Å². The van der Waals surface area contributed by atoms with E-state index in [9.17, 15) is 14.5 Å². The van der Waals surface area contributed by atoms with Gasteiger partial charge in [-0.15, -0.1) is 0 Å². The molecule has 1 heterocycles. The number of halogens is 2. The van der Waals surface area contributed by atoms with Crippen molar-refractivity contribution in [2.24, 2.45) is 5.73 Å². The lowest BCUT2D eigenvalue weighted by atomic mass is 9.95. The Balaban J connectivity index is 2.53. The Hall–Kier alpha value is -1.21. The van der Waals surface area contributed by atoms with Crippen molar-refractivity contribution in [2.75, 3.05) is 11.4 Å². The van der Waals surface area contributed by atoms with E-state index in [1.165, 1.54) is 6.07 Å². The molecule has 0 aliphatic carbocycles. The molecule has 2 atom stereocenters. The summed E-state index contributed by atoms with van der Waals surface area (Å²) in [5.74, 6) is -0.630. The summed E-state index contributed by atoms with van der Waals surface area (Å²) < 4.78 is 13.8. The van der Waals surface area contributed by atoms with E-state index < -0.39 is 10.7 Å². The maximum Gasteiger partial charge on any atom is 0.295 e. The summed E-state index contributed by atoms with van der Waals surface area (Å²) in [7, 11) is 0. The predicted octanol–water partition coefficient (Wildman–Crippen LogP) is 3.20. The zero-order chi connectivity index (χ0) is 14.9. The van der Waals surface area contributed by atoms with Gasteiger partial charge in [0.1, 0.15) is 11.5 Å². The third-order valence-corrected chi connectivity index (χ3v) is 4.40. The Morgan fingerprint density at radius 3 is 2.85 bits per heavy atom. The van der Waals surface area contributed by atoms with Crippen LogP contribution in [0.3, 0.4) is 0 Å². The highest BCUT2D eigenvalue weighted by atomic mass is 79.9. The molecule has 2 rings (SSSR count). The lowest BCUT2D eigenvalue weighted by molar-refractivity contribution is -0.384. The molecule has 20 heavy (non-hydrogen) atoms. The highest BCUT2D eigenvalue weighted by Crippen LogP contribution is 2.38. The van der Waals surface area contributed by atoms with Crippen molar-refractivity contribution in [1.29, 1.82) is 0 Å². The van der Waals surface area contributed by atoms with Gasteiger partial charge in [-0.3, -0.25) is 10.1 Å². The van der Waals surface area contributed by atoms with Crippen LogP contribution in [0.2, 0.25) is 0 Å². The summed E-state index contributed by atoms with van der Waals surface area (Å²) in [6.07, 6.45) is 2.89. The molecule has 1 aromatic rings. The fraction of sp³-hybridized carbons (Fsp3) is 0.538. The Labute approximate surface area is 125 Å². The summed E-state index contributed by atoms with van der Waals surface area (Å²) in [5, 5.41) is 11.2. The van der Waals surface area contributed by atoms with Crippen LogP contribution in [0.1, 0.15) is 26.2 Å². The smallest absolute Gasteiger partial charge is 0.295 e. The molecule has 1 aliphatic rings. The fourth-order valence-electron chi connectivity index (χ4n) is 2.83. The molecule has 0 amide bonds. The zero-order valence-corrected chi connectivity index (χ0v) is 12.8. The minimum atomic E-state index is -0.630. The second-order valence-corrected chi connectivity index (χ2v) is 5.94. The highest BCUT2D eigenvalue weighted by Gasteiger charge is 2.32. The van der Waals surface area contributed by atoms with Gasteiger partial charge in [-0.1, -0.05) is 0 Å². The number of anilines is 1. The Kier molecular flexibility index (Phi) is 4.59. The van der Waals surface area contributed by atoms with Gasteiger partial charge < -0.3 is 10.6 Å². The Bertz CT molecular complexity index is 527. The molecule has 1 aliphatic heterocycles. The van der Waals surface area contributed by atoms with Crippen LogP contribution in [-0.2, 0) is 0 Å². The highest BCUT2D eigenvalue weighted by molar-refractivity contribution is 9.10. The molecule has 1 saturated heterocycles. The maximum atomic E-state index is 13.6. The van der Waals surface area contributed by atoms with Gasteiger partial charge in [-0.25, -0.2) is 4.39 Å². The van der Waals surface area contributed by atoms with Crippen molar-refractivity contribution >= 4 is 27.3 Å². The van der Waals surface area contributed by atoms with Crippen LogP contribution < -0.4 is 10.6 Å². The Morgan fingerprint density at radius 2 is 2.25 bits per heavy atom. The van der Waals surface area contributed by atoms with Crippen LogP contribution in [-0.4, -0.2) is 23.6 Å². The Morgan fingerprint density at radius 1 is 1.55 bits per heavy atom. The summed E-state index contributed by atoms with van der Waals surface area (Å²) >= 11 is 3.10. The number of nitrogens with zero attached hydrogens (tertiary/aromatic N) is 2. The SMILES string of the molecule is CC1CCCC(CN)N1c1cc(Br)c(F)cc1[N+](=O)[O-]. The molecule has 0 bridgehead atoms. The second-order valence-electron chi connectivity index (χ2n) is 5.09. The average Bonchev–Trinajstić information content (AvgIpc) is 2.41. The molecule has 5 nitrogen and oxygen atoms in total. The van der Waals surface area contributed by atoms with Crippen LogP contribution in [0.25, 0.3) is 0 Å². The van der Waals surface area contributed by atoms with Crippen molar-refractivity contribution in [3.8, 4) is 0 Å². The molecule has 1 aromatic carbocycles. The molecule has 110 valence electrons. The van der Waals surface area contributed by atoms with Gasteiger partial charge in [0, 0.05) is 18.6 Å². The largest absolute Gasteiger partial charge is 0.359 e. The number of hydrogen-bond acceptors (Lipinski definition) is 4. The van der Waals surface area contributed by atoms with Gasteiger partial charge in [0.05, 0.1) is 15.5 Å². The number of piperidine rings is 1. The standard InChI is InChI=1S/C13H17BrFN3O2/c1-8-3-2-4-9(7-16)17(8)12-5-10(14)11(15)6-13(12)18(19)20/h5-6,8-9H,2-4,7,16H2,1H3. The van der Waals surface area contributed by atoms with E-state index in [0.717, 1.165) is 25.3 Å². The van der Waals surface area contributed by atoms with Gasteiger partial charge in [0.25, 0.3) is 5.69 Å². The van der Waals surface area contributed by atoms with Crippen molar-refractivity contribution in [1.82, 2.24) is 0 Å². The minimum absolute atomic E-state index is 0.0508. The molecule has 0 saturated carbocycles. The molecule has 2 N–H and O–H groups in total. The quantitative estimate of drug-likeness (QED) is 0.674. The van der Waals surface area contributed by atoms with E-state index in [2.05, 4.69) is 15.9 Å². The molecule has 0 spiro atoms. The summed E-state index contributed by atoms with van der Waals surface area (Å²) in [4.78, 5) is 12.6. The van der Waals surface area contributed by atoms with Gasteiger partial charge in [0.15, 0.2) is 0 Å². The first-order chi connectivity index (χ1) is 9.45. The lowest BCUT2D eigenvalue weighted by Gasteiger charge is -2.41. The maximum absolute atomic E-state index is 13.6. The molecule has 0 aromatic heterocycles. The van der Waals surface area contributed by atoms with E-state index in [1.54, 1.807) is 0 Å². The number of benzene rings is 1. The lowest BCUT2D eigenvalue weighted by Crippen LogP contribution is -2.49. The second kappa shape index (κ2) is 6.05. The fourth-order valence-corrected chi connectivity index (χ4v) is 3.16. The third-order valence-electron chi connectivity index (χ3n) is 3.79. The molecule has 1 fully saturated rings. The van der Waals surface area contributed by atoms with Gasteiger partial charge in [-0.2, -0.15) is 0 Å². The number of nitro benzene ring substituents is 1. The molecule has 2 unspecified atom stereocenters. The first kappa shape index (κ1) is 15.2. The van der Waals surface area contributed by atoms with Gasteiger partial charge >= 0.3 is 0 Å². The molecular formula is C13H17BrFN3O2. The summed E-state index contributed by atoms with van der Waals surface area (Å²) in [6.45, 7) is 2.44. The molecule has 0 radical (unpaired) electrons. The topological polar surface area (TPSA) is 72.4 Å². The van der Waals surface area contributed by atoms with Crippen LogP contribution in [0.15, 0.2) is 16.6 Å². The van der Waals surface area contributed by atoms with Crippen molar-refractivity contribution < 1.29 is 9.31 Å². The van der Waals surface area contributed by atoms with Crippen LogP contribution >= 0.6 is 15.9 Å². The summed E-state index contributed by atoms with van der Waals surface area (Å²) in [5.41, 5.74) is 6.02. The van der Waals surface area contributed by atoms with Crippen molar-refractivity contribution in [3.63, 3.8) is 0 Å². The van der Waals surface area contributed by atoms with E-state index in [1.807, 2.05) is 11.8 Å². The minimum Gasteiger partial charge on any atom is -0.359 e. The number of rotatable bonds is 3. The van der Waals surface area contributed by atoms with Gasteiger partial charge in [0.2, 0.25) is 0 Å². The third kappa shape index (κ3) is 2.78. The summed E-state index contributed by atoms with van der Waals surface area (Å²) in [6, 6.07) is 2.65. The average molecular weight is 346 g/mol. The normalized spacial score (nSPS) is 22.9. The molecule has 7 heteroatoms. The number of nitro groups is 1. The molecular weight excluding hydrogens is 329 g/mol. The first-order valence-electron chi connectivity index (χ1n) is 6.57. The monoisotopic (exact) mass is 345 g/mol.